The number of aliphatic hydroxyl groups excluding tert-OH is 1. The first-order chi connectivity index (χ1) is 33.4. The summed E-state index contributed by atoms with van der Waals surface area (Å²) in [6.45, 7) is 28.4. The Balaban J connectivity index is 0.000000219. The fraction of sp³-hybridized carbons (Fsp3) is 0.550. The third-order valence-electron chi connectivity index (χ3n) is 15.8. The maximum absolute atomic E-state index is 12.5. The van der Waals surface area contributed by atoms with Gasteiger partial charge in [-0.05, 0) is 195 Å². The first-order valence-electron chi connectivity index (χ1n) is 25.7. The molecule has 3 aliphatic heterocycles. The monoisotopic (exact) mass is 987 g/mol. The maximum atomic E-state index is 12.5. The van der Waals surface area contributed by atoms with Gasteiger partial charge in [0, 0.05) is 70.3 Å². The van der Waals surface area contributed by atoms with Gasteiger partial charge in [0.2, 0.25) is 6.08 Å². The molecule has 0 aliphatic carbocycles. The Morgan fingerprint density at radius 3 is 1.10 bits per heavy atom. The van der Waals surface area contributed by atoms with Gasteiger partial charge in [-0.2, -0.15) is 4.99 Å². The summed E-state index contributed by atoms with van der Waals surface area (Å²) in [5.41, 5.74) is 8.20. The minimum Gasteiger partial charge on any atom is -0.446 e. The van der Waals surface area contributed by atoms with Crippen molar-refractivity contribution >= 4 is 35.3 Å². The van der Waals surface area contributed by atoms with E-state index in [0.29, 0.717) is 11.4 Å². The van der Waals surface area contributed by atoms with E-state index in [0.717, 1.165) is 68.2 Å². The van der Waals surface area contributed by atoms with Crippen molar-refractivity contribution in [2.75, 3.05) is 31.8 Å². The number of benzene rings is 4. The molecule has 0 unspecified atom stereocenters. The zero-order chi connectivity index (χ0) is 53.5. The second-order valence-corrected chi connectivity index (χ2v) is 24.3. The quantitative estimate of drug-likeness (QED) is 0.111. The molecular formula is C60H86N6O6. The van der Waals surface area contributed by atoms with E-state index < -0.39 is 6.09 Å². The minimum absolute atomic E-state index is 0.00960. The van der Waals surface area contributed by atoms with Crippen molar-refractivity contribution in [1.82, 2.24) is 14.7 Å². The summed E-state index contributed by atoms with van der Waals surface area (Å²) in [4.78, 5) is 45.9. The molecule has 0 atom stereocenters. The van der Waals surface area contributed by atoms with E-state index in [1.807, 2.05) is 48.5 Å². The average Bonchev–Trinajstić information content (AvgIpc) is 3.26. The first kappa shape index (κ1) is 57.5. The summed E-state index contributed by atoms with van der Waals surface area (Å²) in [7, 11) is 6.42. The molecule has 4 aromatic carbocycles. The van der Waals surface area contributed by atoms with Crippen LogP contribution in [0.15, 0.2) is 102 Å². The lowest BCUT2D eigenvalue weighted by molar-refractivity contribution is -0.0666. The number of piperidine rings is 3. The van der Waals surface area contributed by atoms with Crippen LogP contribution in [0.5, 0.6) is 0 Å². The van der Waals surface area contributed by atoms with Crippen LogP contribution in [0.25, 0.3) is 0 Å². The topological polar surface area (TPSA) is 136 Å². The number of hydrogen-bond donors (Lipinski definition) is 3. The van der Waals surface area contributed by atoms with Gasteiger partial charge in [-0.25, -0.2) is 14.4 Å². The molecule has 2 amide bonds. The van der Waals surface area contributed by atoms with E-state index in [2.05, 4.69) is 178 Å². The van der Waals surface area contributed by atoms with Crippen LogP contribution in [0.1, 0.15) is 149 Å². The third kappa shape index (κ3) is 16.1. The summed E-state index contributed by atoms with van der Waals surface area (Å²) in [6.07, 6.45) is 7.06. The Bertz CT molecular complexity index is 2400. The number of likely N-dealkylation sites (tertiary alicyclic amines) is 3. The standard InChI is InChI=1S/C25H31N3O3.C25H34N2O2.C10H21NO/c1-24(2)15-22(16-25(3,4)28(24)5)31-23(30)27-21-12-8-19(9-13-21)14-18-6-10-20(11-7-18)26-17-29;1-18-7-9-19(10-8-18)15-20-11-13-21(14-12-20)26-23(28)29-22-16-24(2,3)27(6)25(4,5)17-22;1-9(2)6-8(12)7-10(3,4)11(9)5/h6-13,22H,14-16H2,1-5H3,(H,27,30);7-14,22H,15-17H2,1-6H3,(H,26,28);8,12H,6-7H2,1-5H3. The Morgan fingerprint density at radius 2 is 0.792 bits per heavy atom. The van der Waals surface area contributed by atoms with Crippen LogP contribution < -0.4 is 10.6 Å². The van der Waals surface area contributed by atoms with Crippen molar-refractivity contribution < 1.29 is 29.0 Å². The number of nitrogens with one attached hydrogen (secondary N) is 2. The highest BCUT2D eigenvalue weighted by atomic mass is 16.6. The predicted octanol–water partition coefficient (Wildman–Crippen LogP) is 12.9. The summed E-state index contributed by atoms with van der Waals surface area (Å²) in [5, 5.41) is 15.4. The molecule has 72 heavy (non-hydrogen) atoms. The number of aryl methyl sites for hydroxylation is 1. The molecular weight excluding hydrogens is 901 g/mol. The van der Waals surface area contributed by atoms with Gasteiger partial charge < -0.3 is 14.6 Å². The summed E-state index contributed by atoms with van der Waals surface area (Å²) in [5.74, 6) is 0. The number of aliphatic imine (C=N–C) groups is 1. The molecule has 0 bridgehead atoms. The Kier molecular flexibility index (Phi) is 18.6. The number of amides is 2. The van der Waals surface area contributed by atoms with Crippen LogP contribution in [-0.4, -0.2) is 111 Å². The van der Waals surface area contributed by atoms with E-state index in [1.165, 1.54) is 22.8 Å². The van der Waals surface area contributed by atoms with Gasteiger partial charge in [0.1, 0.15) is 12.2 Å². The number of aliphatic hydroxyl groups is 1. The number of carbonyl (C=O) groups excluding carboxylic acids is 3. The van der Waals surface area contributed by atoms with Crippen LogP contribution in [0.2, 0.25) is 0 Å². The lowest BCUT2D eigenvalue weighted by Crippen LogP contribution is -2.60. The predicted molar refractivity (Wildman–Crippen MR) is 293 cm³/mol. The van der Waals surface area contributed by atoms with Crippen molar-refractivity contribution in [2.24, 2.45) is 4.99 Å². The zero-order valence-electron chi connectivity index (χ0n) is 46.4. The largest absolute Gasteiger partial charge is 0.446 e. The highest BCUT2D eigenvalue weighted by molar-refractivity contribution is 5.85. The van der Waals surface area contributed by atoms with Gasteiger partial charge in [0.15, 0.2) is 0 Å². The van der Waals surface area contributed by atoms with Crippen LogP contribution in [0.3, 0.4) is 0 Å². The van der Waals surface area contributed by atoms with Gasteiger partial charge in [0.25, 0.3) is 0 Å². The molecule has 0 spiro atoms. The van der Waals surface area contributed by atoms with Crippen molar-refractivity contribution in [1.29, 1.82) is 0 Å². The molecule has 3 saturated heterocycles. The molecule has 0 radical (unpaired) electrons. The Hall–Kier alpha value is -5.36. The number of rotatable bonds is 9. The number of carbonyl (C=O) groups is 2. The molecule has 12 heteroatoms. The molecule has 392 valence electrons. The van der Waals surface area contributed by atoms with Gasteiger partial charge in [-0.15, -0.1) is 0 Å². The van der Waals surface area contributed by atoms with E-state index in [4.69, 9.17) is 9.47 Å². The molecule has 3 fully saturated rings. The average molecular weight is 987 g/mol. The van der Waals surface area contributed by atoms with Crippen molar-refractivity contribution in [3.63, 3.8) is 0 Å². The van der Waals surface area contributed by atoms with Crippen molar-refractivity contribution in [3.8, 4) is 0 Å². The van der Waals surface area contributed by atoms with E-state index in [9.17, 15) is 19.5 Å². The lowest BCUT2D eigenvalue weighted by atomic mass is 9.79. The van der Waals surface area contributed by atoms with Crippen LogP contribution in [-0.2, 0) is 27.1 Å². The molecule has 7 rings (SSSR count). The highest BCUT2D eigenvalue weighted by Gasteiger charge is 2.46. The van der Waals surface area contributed by atoms with E-state index >= 15 is 0 Å². The normalized spacial score (nSPS) is 20.5. The molecule has 3 heterocycles. The number of isocyanates is 1. The van der Waals surface area contributed by atoms with E-state index in [1.54, 1.807) is 12.1 Å². The summed E-state index contributed by atoms with van der Waals surface area (Å²) >= 11 is 0. The van der Waals surface area contributed by atoms with Gasteiger partial charge >= 0.3 is 12.2 Å². The molecule has 3 aliphatic rings. The Morgan fingerprint density at radius 1 is 0.514 bits per heavy atom. The molecule has 0 saturated carbocycles. The number of ether oxygens (including phenoxy) is 2. The molecule has 12 nitrogen and oxygen atoms in total. The molecule has 4 aromatic rings. The smallest absolute Gasteiger partial charge is 0.411 e. The SMILES string of the molecule is CN1C(C)(C)CC(O)CC1(C)C.CN1C(C)(C)CC(OC(=O)Nc2ccc(Cc3ccc(N=C=O)cc3)cc2)CC1(C)C.Cc1ccc(Cc2ccc(NC(=O)OC3CC(C)(C)N(C)C(C)(C)C3)cc2)cc1. The highest BCUT2D eigenvalue weighted by Crippen LogP contribution is 2.40. The Labute approximate surface area is 432 Å². The number of hydrogen-bond acceptors (Lipinski definition) is 10. The minimum atomic E-state index is -0.416. The lowest BCUT2D eigenvalue weighted by Gasteiger charge is -2.53. The van der Waals surface area contributed by atoms with Crippen LogP contribution in [0, 0.1) is 6.92 Å². The fourth-order valence-corrected chi connectivity index (χ4v) is 11.0. The van der Waals surface area contributed by atoms with Crippen molar-refractivity contribution in [3.05, 3.63) is 125 Å². The molecule has 3 N–H and O–H groups in total. The van der Waals surface area contributed by atoms with E-state index in [-0.39, 0.29) is 57.6 Å². The zero-order valence-corrected chi connectivity index (χ0v) is 46.4. The van der Waals surface area contributed by atoms with Gasteiger partial charge in [0.05, 0.1) is 11.8 Å². The van der Waals surface area contributed by atoms with Crippen LogP contribution >= 0.6 is 0 Å². The second-order valence-electron chi connectivity index (χ2n) is 24.3. The second kappa shape index (κ2) is 23.2. The van der Waals surface area contributed by atoms with Gasteiger partial charge in [-0.3, -0.25) is 25.3 Å². The number of anilines is 2. The van der Waals surface area contributed by atoms with Crippen LogP contribution in [0.4, 0.5) is 26.7 Å². The summed E-state index contributed by atoms with van der Waals surface area (Å²) in [6, 6.07) is 31.7. The van der Waals surface area contributed by atoms with Gasteiger partial charge in [-0.1, -0.05) is 66.2 Å². The first-order valence-corrected chi connectivity index (χ1v) is 25.7. The number of nitrogens with zero attached hydrogens (tertiary/aromatic N) is 4. The third-order valence-corrected chi connectivity index (χ3v) is 15.8. The summed E-state index contributed by atoms with van der Waals surface area (Å²) < 4.78 is 11.5. The fourth-order valence-electron chi connectivity index (χ4n) is 11.0. The maximum Gasteiger partial charge on any atom is 0.411 e. The molecule has 0 aromatic heterocycles. The van der Waals surface area contributed by atoms with Crippen molar-refractivity contribution in [2.45, 2.75) is 193 Å².